The van der Waals surface area contributed by atoms with E-state index in [0.29, 0.717) is 14.9 Å². The second-order valence-corrected chi connectivity index (χ2v) is 7.06. The largest absolute Gasteiger partial charge is 0.369 e. The van der Waals surface area contributed by atoms with Gasteiger partial charge in [0.2, 0.25) is 5.91 Å². The monoisotopic (exact) mass is 362 g/mol. The number of nitrogens with one attached hydrogen (secondary N) is 1. The average Bonchev–Trinajstić information content (AvgIpc) is 2.99. The van der Waals surface area contributed by atoms with E-state index >= 15 is 0 Å². The molecule has 1 aromatic carbocycles. The summed E-state index contributed by atoms with van der Waals surface area (Å²) in [4.78, 5) is 30.3. The number of rotatable bonds is 3. The predicted octanol–water partition coefficient (Wildman–Crippen LogP) is 2.87. The van der Waals surface area contributed by atoms with Crippen LogP contribution in [0.4, 0.5) is 5.69 Å². The van der Waals surface area contributed by atoms with E-state index in [1.165, 1.54) is 16.2 Å². The van der Waals surface area contributed by atoms with E-state index in [9.17, 15) is 9.59 Å². The second-order valence-electron chi connectivity index (χ2n) is 5.34. The predicted molar refractivity (Wildman–Crippen MR) is 95.5 cm³/mol. The van der Waals surface area contributed by atoms with Gasteiger partial charge in [-0.15, -0.1) is 11.3 Å². The molecule has 0 aliphatic carbocycles. The summed E-state index contributed by atoms with van der Waals surface area (Å²) in [5, 5.41) is 2.82. The van der Waals surface area contributed by atoms with Crippen molar-refractivity contribution in [1.29, 1.82) is 0 Å². The van der Waals surface area contributed by atoms with Gasteiger partial charge in [-0.1, -0.05) is 23.7 Å². The molecule has 1 unspecified atom stereocenters. The van der Waals surface area contributed by atoms with Crippen LogP contribution in [0.1, 0.15) is 27.7 Å². The van der Waals surface area contributed by atoms with E-state index in [2.05, 4.69) is 10.3 Å². The van der Waals surface area contributed by atoms with Crippen LogP contribution in [0.15, 0.2) is 41.4 Å². The number of hydrogen-bond donors (Lipinski definition) is 2. The van der Waals surface area contributed by atoms with Crippen LogP contribution in [0, 0.1) is 0 Å². The smallest absolute Gasteiger partial charge is 0.265 e. The fourth-order valence-corrected chi connectivity index (χ4v) is 3.31. The number of aliphatic imine (C=N–C) groups is 1. The Bertz CT molecular complexity index is 833. The Morgan fingerprint density at radius 3 is 2.88 bits per heavy atom. The van der Waals surface area contributed by atoms with E-state index in [4.69, 9.17) is 17.3 Å². The molecule has 24 heavy (non-hydrogen) atoms. The molecular formula is C16H15ClN4O2S. The minimum atomic E-state index is -0.346. The number of nitrogens with two attached hydrogens (primary N) is 1. The molecule has 2 amide bonds. The first-order chi connectivity index (χ1) is 11.4. The lowest BCUT2D eigenvalue weighted by molar-refractivity contribution is -0.127. The Morgan fingerprint density at radius 1 is 1.42 bits per heavy atom. The van der Waals surface area contributed by atoms with Gasteiger partial charge < -0.3 is 11.1 Å². The zero-order valence-corrected chi connectivity index (χ0v) is 14.4. The molecule has 0 saturated heterocycles. The van der Waals surface area contributed by atoms with Crippen molar-refractivity contribution in [2.45, 2.75) is 12.5 Å². The lowest BCUT2D eigenvalue weighted by Crippen LogP contribution is -2.42. The van der Waals surface area contributed by atoms with E-state index in [0.717, 1.165) is 5.56 Å². The highest BCUT2D eigenvalue weighted by Crippen LogP contribution is 2.28. The Hall–Kier alpha value is -2.38. The van der Waals surface area contributed by atoms with Crippen molar-refractivity contribution >= 4 is 46.4 Å². The number of hydrogen-bond acceptors (Lipinski definition) is 5. The zero-order valence-electron chi connectivity index (χ0n) is 12.8. The van der Waals surface area contributed by atoms with Gasteiger partial charge in [-0.3, -0.25) is 14.5 Å². The number of guanidine groups is 1. The number of nitrogens with zero attached hydrogens (tertiary/aromatic N) is 2. The lowest BCUT2D eigenvalue weighted by Gasteiger charge is -2.25. The second kappa shape index (κ2) is 6.62. The summed E-state index contributed by atoms with van der Waals surface area (Å²) in [7, 11) is 1.60. The molecular weight excluding hydrogens is 348 g/mol. The van der Waals surface area contributed by atoms with Gasteiger partial charge in [0.25, 0.3) is 5.91 Å². The Morgan fingerprint density at radius 2 is 2.21 bits per heavy atom. The standard InChI is InChI=1S/C16H15ClN4O2S/c1-21-14(22)8-11(20-16(21)18)9-3-2-4-10(7-9)19-15(23)12-5-6-13(17)24-12/h2-7,11H,8H2,1H3,(H2,18,20)(H,19,23). The van der Waals surface area contributed by atoms with Crippen LogP contribution in [-0.4, -0.2) is 29.7 Å². The number of anilines is 1. The highest BCUT2D eigenvalue weighted by atomic mass is 35.5. The zero-order chi connectivity index (χ0) is 17.3. The molecule has 0 bridgehead atoms. The van der Waals surface area contributed by atoms with Gasteiger partial charge in [-0.05, 0) is 29.8 Å². The first-order valence-electron chi connectivity index (χ1n) is 7.20. The molecule has 124 valence electrons. The van der Waals surface area contributed by atoms with Gasteiger partial charge in [-0.2, -0.15) is 0 Å². The molecule has 2 heterocycles. The number of thiophene rings is 1. The Kier molecular flexibility index (Phi) is 4.55. The molecule has 0 radical (unpaired) electrons. The summed E-state index contributed by atoms with van der Waals surface area (Å²) in [6.07, 6.45) is 0.245. The maximum Gasteiger partial charge on any atom is 0.265 e. The number of amides is 2. The normalized spacial score (nSPS) is 17.6. The van der Waals surface area contributed by atoms with E-state index in [1.807, 2.05) is 6.07 Å². The quantitative estimate of drug-likeness (QED) is 0.879. The SMILES string of the molecule is CN1C(=O)CC(c2cccc(NC(=O)c3ccc(Cl)s3)c2)N=C1N. The van der Waals surface area contributed by atoms with Crippen molar-refractivity contribution in [3.8, 4) is 0 Å². The molecule has 0 saturated carbocycles. The summed E-state index contributed by atoms with van der Waals surface area (Å²) in [6, 6.07) is 10.2. The molecule has 2 aromatic rings. The van der Waals surface area contributed by atoms with Gasteiger partial charge in [0.1, 0.15) is 0 Å². The van der Waals surface area contributed by atoms with Crippen molar-refractivity contribution in [2.24, 2.45) is 10.7 Å². The first kappa shape index (κ1) is 16.5. The van der Waals surface area contributed by atoms with Crippen molar-refractivity contribution in [2.75, 3.05) is 12.4 Å². The fourth-order valence-electron chi connectivity index (χ4n) is 2.37. The van der Waals surface area contributed by atoms with Crippen LogP contribution < -0.4 is 11.1 Å². The van der Waals surface area contributed by atoms with Crippen LogP contribution in [0.3, 0.4) is 0 Å². The first-order valence-corrected chi connectivity index (χ1v) is 8.40. The third kappa shape index (κ3) is 3.42. The molecule has 1 aliphatic heterocycles. The van der Waals surface area contributed by atoms with E-state index in [1.54, 1.807) is 37.4 Å². The third-order valence-electron chi connectivity index (χ3n) is 3.70. The molecule has 3 N–H and O–H groups in total. The highest BCUT2D eigenvalue weighted by molar-refractivity contribution is 7.18. The van der Waals surface area contributed by atoms with Gasteiger partial charge in [0.15, 0.2) is 5.96 Å². The van der Waals surface area contributed by atoms with Crippen LogP contribution >= 0.6 is 22.9 Å². The Labute approximate surface area is 147 Å². The molecule has 0 spiro atoms. The number of carbonyl (C=O) groups excluding carboxylic acids is 2. The lowest BCUT2D eigenvalue weighted by atomic mass is 10.0. The molecule has 0 fully saturated rings. The van der Waals surface area contributed by atoms with Crippen LogP contribution in [0.25, 0.3) is 0 Å². The number of carbonyl (C=O) groups is 2. The summed E-state index contributed by atoms with van der Waals surface area (Å²) in [5.41, 5.74) is 7.22. The van der Waals surface area contributed by atoms with Crippen molar-refractivity contribution in [3.63, 3.8) is 0 Å². The number of halogens is 1. The highest BCUT2D eigenvalue weighted by Gasteiger charge is 2.25. The summed E-state index contributed by atoms with van der Waals surface area (Å²) in [5.74, 6) is -0.124. The number of benzene rings is 1. The molecule has 3 rings (SSSR count). The third-order valence-corrected chi connectivity index (χ3v) is 4.93. The van der Waals surface area contributed by atoms with Crippen LogP contribution in [-0.2, 0) is 4.79 Å². The van der Waals surface area contributed by atoms with E-state index < -0.39 is 0 Å². The summed E-state index contributed by atoms with van der Waals surface area (Å²) in [6.45, 7) is 0. The Balaban J connectivity index is 1.80. The van der Waals surface area contributed by atoms with Gasteiger partial charge in [0, 0.05) is 12.7 Å². The van der Waals surface area contributed by atoms with Gasteiger partial charge >= 0.3 is 0 Å². The minimum absolute atomic E-state index is 0.0878. The summed E-state index contributed by atoms with van der Waals surface area (Å²) >= 11 is 7.06. The molecule has 1 atom stereocenters. The van der Waals surface area contributed by atoms with Crippen molar-refractivity contribution < 1.29 is 9.59 Å². The van der Waals surface area contributed by atoms with Crippen molar-refractivity contribution in [3.05, 3.63) is 51.2 Å². The fraction of sp³-hybridized carbons (Fsp3) is 0.188. The minimum Gasteiger partial charge on any atom is -0.369 e. The molecule has 8 heteroatoms. The topological polar surface area (TPSA) is 87.8 Å². The molecule has 1 aromatic heterocycles. The van der Waals surface area contributed by atoms with Crippen LogP contribution in [0.5, 0.6) is 0 Å². The van der Waals surface area contributed by atoms with E-state index in [-0.39, 0.29) is 30.2 Å². The van der Waals surface area contributed by atoms with Gasteiger partial charge in [-0.25, -0.2) is 4.99 Å². The maximum atomic E-state index is 12.2. The molecule has 1 aliphatic rings. The van der Waals surface area contributed by atoms with Crippen molar-refractivity contribution in [1.82, 2.24) is 4.90 Å². The van der Waals surface area contributed by atoms with Crippen LogP contribution in [0.2, 0.25) is 4.34 Å². The maximum absolute atomic E-state index is 12.2. The van der Waals surface area contributed by atoms with Gasteiger partial charge in [0.05, 0.1) is 21.7 Å². The summed E-state index contributed by atoms with van der Waals surface area (Å²) < 4.78 is 0.559. The average molecular weight is 363 g/mol. The molecule has 6 nitrogen and oxygen atoms in total.